The number of benzene rings is 1. The van der Waals surface area contributed by atoms with Gasteiger partial charge >= 0.3 is 0 Å². The van der Waals surface area contributed by atoms with Crippen molar-refractivity contribution in [3.63, 3.8) is 0 Å². The van der Waals surface area contributed by atoms with E-state index >= 15 is 0 Å². The molecule has 2 rings (SSSR count). The zero-order valence-corrected chi connectivity index (χ0v) is 12.8. The van der Waals surface area contributed by atoms with Gasteiger partial charge in [-0.2, -0.15) is 10.4 Å². The van der Waals surface area contributed by atoms with Crippen LogP contribution in [0.1, 0.15) is 5.56 Å². The summed E-state index contributed by atoms with van der Waals surface area (Å²) < 4.78 is 12.0. The number of nitriles is 1. The summed E-state index contributed by atoms with van der Waals surface area (Å²) in [5.41, 5.74) is 0.766. The highest BCUT2D eigenvalue weighted by molar-refractivity contribution is 6.01. The van der Waals surface area contributed by atoms with Crippen LogP contribution in [0.15, 0.2) is 36.5 Å². The fourth-order valence-corrected chi connectivity index (χ4v) is 1.84. The smallest absolute Gasteiger partial charge is 0.249 e. The number of nitrogens with one attached hydrogen (secondary N) is 1. The molecule has 0 bridgehead atoms. The van der Waals surface area contributed by atoms with Gasteiger partial charge in [0.15, 0.2) is 23.9 Å². The van der Waals surface area contributed by atoms with E-state index in [1.54, 1.807) is 48.3 Å². The molecule has 2 aromatic rings. The molecule has 118 valence electrons. The average Bonchev–Trinajstić information content (AvgIpc) is 2.96. The van der Waals surface area contributed by atoms with Gasteiger partial charge in [0.25, 0.3) is 0 Å². The number of ether oxygens (including phenoxy) is 2. The molecule has 1 amide bonds. The predicted octanol–water partition coefficient (Wildman–Crippen LogP) is 1.98. The highest BCUT2D eigenvalue weighted by Crippen LogP contribution is 2.28. The van der Waals surface area contributed by atoms with Gasteiger partial charge in [-0.1, -0.05) is 6.07 Å². The summed E-state index contributed by atoms with van der Waals surface area (Å²) in [5, 5.41) is 15.2. The van der Waals surface area contributed by atoms with Crippen molar-refractivity contribution in [2.24, 2.45) is 7.05 Å². The Morgan fingerprint density at radius 2 is 2.26 bits per heavy atom. The van der Waals surface area contributed by atoms with Crippen LogP contribution in [-0.2, 0) is 11.8 Å². The fraction of sp³-hybridized carbons (Fsp3) is 0.188. The van der Waals surface area contributed by atoms with Crippen LogP contribution in [0.4, 0.5) is 5.82 Å². The van der Waals surface area contributed by atoms with E-state index in [-0.39, 0.29) is 12.5 Å². The molecule has 23 heavy (non-hydrogen) atoms. The zero-order chi connectivity index (χ0) is 16.7. The van der Waals surface area contributed by atoms with Gasteiger partial charge < -0.3 is 14.8 Å². The SMILES string of the molecule is COc1cc(/C=C/C(=O)Nc2ccn(C)n2)ccc1OCC#N. The summed E-state index contributed by atoms with van der Waals surface area (Å²) in [4.78, 5) is 11.8. The van der Waals surface area contributed by atoms with Crippen molar-refractivity contribution in [1.29, 1.82) is 5.26 Å². The Kier molecular flexibility index (Phi) is 5.36. The quantitative estimate of drug-likeness (QED) is 0.824. The second-order valence-corrected chi connectivity index (χ2v) is 4.55. The van der Waals surface area contributed by atoms with E-state index in [1.807, 2.05) is 6.07 Å². The Labute approximate surface area is 133 Å². The first-order valence-electron chi connectivity index (χ1n) is 6.79. The molecule has 0 unspecified atom stereocenters. The molecule has 1 aromatic carbocycles. The normalized spacial score (nSPS) is 10.3. The van der Waals surface area contributed by atoms with E-state index in [4.69, 9.17) is 14.7 Å². The fourth-order valence-electron chi connectivity index (χ4n) is 1.84. The number of aromatic nitrogens is 2. The van der Waals surface area contributed by atoms with Crippen molar-refractivity contribution in [2.75, 3.05) is 19.0 Å². The lowest BCUT2D eigenvalue weighted by atomic mass is 10.2. The van der Waals surface area contributed by atoms with Crippen molar-refractivity contribution < 1.29 is 14.3 Å². The Hall–Kier alpha value is -3.27. The topological polar surface area (TPSA) is 89.2 Å². The van der Waals surface area contributed by atoms with Crippen molar-refractivity contribution >= 4 is 17.8 Å². The van der Waals surface area contributed by atoms with Gasteiger partial charge in [-0.05, 0) is 23.8 Å². The molecule has 0 aliphatic heterocycles. The lowest BCUT2D eigenvalue weighted by molar-refractivity contribution is -0.111. The number of anilines is 1. The Morgan fingerprint density at radius 3 is 2.91 bits per heavy atom. The lowest BCUT2D eigenvalue weighted by Crippen LogP contribution is -2.08. The molecule has 7 nitrogen and oxygen atoms in total. The van der Waals surface area contributed by atoms with Crippen molar-refractivity contribution in [1.82, 2.24) is 9.78 Å². The van der Waals surface area contributed by atoms with Gasteiger partial charge in [-0.15, -0.1) is 0 Å². The third-order valence-corrected chi connectivity index (χ3v) is 2.87. The number of carbonyl (C=O) groups excluding carboxylic acids is 1. The van der Waals surface area contributed by atoms with Crippen LogP contribution < -0.4 is 14.8 Å². The molecule has 0 saturated carbocycles. The van der Waals surface area contributed by atoms with Gasteiger partial charge in [-0.3, -0.25) is 9.48 Å². The van der Waals surface area contributed by atoms with Gasteiger partial charge in [0.1, 0.15) is 6.07 Å². The number of aryl methyl sites for hydroxylation is 1. The number of methoxy groups -OCH3 is 1. The Bertz CT molecular complexity index is 759. The molecule has 0 aliphatic carbocycles. The summed E-state index contributed by atoms with van der Waals surface area (Å²) in [6.45, 7) is -0.0575. The zero-order valence-electron chi connectivity index (χ0n) is 12.8. The highest BCUT2D eigenvalue weighted by Gasteiger charge is 2.05. The Balaban J connectivity index is 2.04. The summed E-state index contributed by atoms with van der Waals surface area (Å²) in [5.74, 6) is 1.17. The molecule has 0 fully saturated rings. The monoisotopic (exact) mass is 312 g/mol. The van der Waals surface area contributed by atoms with Crippen molar-refractivity contribution in [3.05, 3.63) is 42.1 Å². The van der Waals surface area contributed by atoms with E-state index in [0.29, 0.717) is 17.3 Å². The minimum atomic E-state index is -0.285. The van der Waals surface area contributed by atoms with Crippen LogP contribution in [0.5, 0.6) is 11.5 Å². The summed E-state index contributed by atoms with van der Waals surface area (Å²) in [6, 6.07) is 8.77. The molecular formula is C16H16N4O3. The third-order valence-electron chi connectivity index (χ3n) is 2.87. The number of carbonyl (C=O) groups is 1. The third kappa shape index (κ3) is 4.61. The predicted molar refractivity (Wildman–Crippen MR) is 85.0 cm³/mol. The van der Waals surface area contributed by atoms with Gasteiger partial charge in [0.2, 0.25) is 5.91 Å². The summed E-state index contributed by atoms with van der Waals surface area (Å²) in [7, 11) is 3.28. The molecule has 0 atom stereocenters. The second kappa shape index (κ2) is 7.66. The van der Waals surface area contributed by atoms with Crippen molar-refractivity contribution in [2.45, 2.75) is 0 Å². The number of nitrogens with zero attached hydrogens (tertiary/aromatic N) is 3. The lowest BCUT2D eigenvalue weighted by Gasteiger charge is -2.08. The van der Waals surface area contributed by atoms with Crippen LogP contribution >= 0.6 is 0 Å². The molecule has 1 N–H and O–H groups in total. The summed E-state index contributed by atoms with van der Waals surface area (Å²) >= 11 is 0. The van der Waals surface area contributed by atoms with E-state index < -0.39 is 0 Å². The van der Waals surface area contributed by atoms with Crippen LogP contribution in [-0.4, -0.2) is 29.4 Å². The van der Waals surface area contributed by atoms with Crippen LogP contribution in [0, 0.1) is 11.3 Å². The largest absolute Gasteiger partial charge is 0.493 e. The number of amides is 1. The first-order valence-corrected chi connectivity index (χ1v) is 6.79. The van der Waals surface area contributed by atoms with Gasteiger partial charge in [-0.25, -0.2) is 0 Å². The summed E-state index contributed by atoms with van der Waals surface area (Å²) in [6.07, 6.45) is 4.79. The van der Waals surface area contributed by atoms with E-state index in [1.165, 1.54) is 13.2 Å². The molecule has 0 spiro atoms. The molecule has 0 saturated heterocycles. The minimum absolute atomic E-state index is 0.0575. The molecule has 0 aliphatic rings. The maximum absolute atomic E-state index is 11.8. The maximum Gasteiger partial charge on any atom is 0.249 e. The van der Waals surface area contributed by atoms with Crippen molar-refractivity contribution in [3.8, 4) is 17.6 Å². The maximum atomic E-state index is 11.8. The van der Waals surface area contributed by atoms with E-state index in [9.17, 15) is 4.79 Å². The van der Waals surface area contributed by atoms with Crippen LogP contribution in [0.25, 0.3) is 6.08 Å². The number of hydrogen-bond donors (Lipinski definition) is 1. The molecule has 0 radical (unpaired) electrons. The second-order valence-electron chi connectivity index (χ2n) is 4.55. The first kappa shape index (κ1) is 16.1. The Morgan fingerprint density at radius 1 is 1.43 bits per heavy atom. The average molecular weight is 312 g/mol. The minimum Gasteiger partial charge on any atom is -0.493 e. The number of rotatable bonds is 6. The standard InChI is InChI=1S/C16H16N4O3/c1-20-9-7-15(19-20)18-16(21)6-4-12-3-5-13(23-10-8-17)14(11-12)22-2/h3-7,9,11H,10H2,1-2H3,(H,18,19,21)/b6-4+. The highest BCUT2D eigenvalue weighted by atomic mass is 16.5. The first-order chi connectivity index (χ1) is 11.1. The van der Waals surface area contributed by atoms with E-state index in [0.717, 1.165) is 5.56 Å². The number of hydrogen-bond acceptors (Lipinski definition) is 5. The molecule has 7 heteroatoms. The van der Waals surface area contributed by atoms with Gasteiger partial charge in [0.05, 0.1) is 7.11 Å². The van der Waals surface area contributed by atoms with Crippen LogP contribution in [0.3, 0.4) is 0 Å². The molecular weight excluding hydrogens is 296 g/mol. The van der Waals surface area contributed by atoms with Crippen LogP contribution in [0.2, 0.25) is 0 Å². The van der Waals surface area contributed by atoms with E-state index in [2.05, 4.69) is 10.4 Å². The molecule has 1 heterocycles. The van der Waals surface area contributed by atoms with Gasteiger partial charge in [0, 0.05) is 25.4 Å². The molecule has 1 aromatic heterocycles.